The molecule has 2 heterocycles. The van der Waals surface area contributed by atoms with Gasteiger partial charge in [0, 0.05) is 0 Å². The van der Waals surface area contributed by atoms with Crippen molar-refractivity contribution in [1.29, 1.82) is 0 Å². The number of nitrogens with two attached hydrogens (primary N) is 1. The van der Waals surface area contributed by atoms with Crippen molar-refractivity contribution in [3.63, 3.8) is 0 Å². The van der Waals surface area contributed by atoms with E-state index in [1.807, 2.05) is 0 Å². The second-order valence-corrected chi connectivity index (χ2v) is 6.56. The molecule has 1 aromatic heterocycles. The number of nitrogens with zero attached hydrogens (tertiary/aromatic N) is 2. The molecule has 1 aliphatic rings. The molecule has 0 unspecified atom stereocenters. The monoisotopic (exact) mass is 378 g/mol. The van der Waals surface area contributed by atoms with Crippen LogP contribution in [0.3, 0.4) is 0 Å². The van der Waals surface area contributed by atoms with E-state index in [2.05, 4.69) is 15.3 Å². The predicted molar refractivity (Wildman–Crippen MR) is 93.1 cm³/mol. The molecule has 1 aliphatic heterocycles. The van der Waals surface area contributed by atoms with Crippen molar-refractivity contribution in [1.82, 2.24) is 4.98 Å². The highest BCUT2D eigenvalue weighted by molar-refractivity contribution is 6.04. The molecule has 2 atom stereocenters. The number of hydrogen-bond acceptors (Lipinski definition) is 5. The second kappa shape index (κ2) is 6.66. The van der Waals surface area contributed by atoms with Crippen LogP contribution in [-0.4, -0.2) is 34.7 Å². The van der Waals surface area contributed by atoms with Gasteiger partial charge in [-0.1, -0.05) is 6.07 Å². The van der Waals surface area contributed by atoms with Crippen LogP contribution >= 0.6 is 0 Å². The first-order valence-corrected chi connectivity index (χ1v) is 8.03. The minimum atomic E-state index is -2.16. The molecule has 2 aromatic rings. The number of alkyl halides is 1. The van der Waals surface area contributed by atoms with Gasteiger partial charge in [0.2, 0.25) is 11.7 Å². The molecule has 0 radical (unpaired) electrons. The van der Waals surface area contributed by atoms with Crippen LogP contribution in [0.5, 0.6) is 0 Å². The zero-order chi connectivity index (χ0) is 19.8. The Balaban J connectivity index is 1.90. The molecule has 6 nitrogen and oxygen atoms in total. The average Bonchev–Trinajstić information content (AvgIpc) is 2.60. The van der Waals surface area contributed by atoms with Gasteiger partial charge < -0.3 is 15.8 Å². The normalized spacial score (nSPS) is 24.7. The van der Waals surface area contributed by atoms with Crippen molar-refractivity contribution in [2.45, 2.75) is 25.2 Å². The average molecular weight is 378 g/mol. The summed E-state index contributed by atoms with van der Waals surface area (Å²) in [5.74, 6) is -4.61. The van der Waals surface area contributed by atoms with E-state index in [0.717, 1.165) is 18.3 Å². The van der Waals surface area contributed by atoms with Crippen LogP contribution in [0.2, 0.25) is 0 Å². The Labute approximate surface area is 153 Å². The topological polar surface area (TPSA) is 89.6 Å². The molecule has 0 spiro atoms. The summed E-state index contributed by atoms with van der Waals surface area (Å²) < 4.78 is 47.7. The van der Waals surface area contributed by atoms with E-state index in [9.17, 15) is 18.0 Å². The highest BCUT2D eigenvalue weighted by Crippen LogP contribution is 2.32. The summed E-state index contributed by atoms with van der Waals surface area (Å²) in [7, 11) is 0. The summed E-state index contributed by atoms with van der Waals surface area (Å²) in [6.45, 7) is 2.42. The fourth-order valence-electron chi connectivity index (χ4n) is 2.33. The van der Waals surface area contributed by atoms with Gasteiger partial charge in [-0.2, -0.15) is 0 Å². The molecule has 9 heteroatoms. The Morgan fingerprint density at radius 3 is 2.63 bits per heavy atom. The van der Waals surface area contributed by atoms with Crippen LogP contribution in [0.25, 0.3) is 0 Å². The molecule has 27 heavy (non-hydrogen) atoms. The second-order valence-electron chi connectivity index (χ2n) is 6.56. The van der Waals surface area contributed by atoms with E-state index < -0.39 is 28.9 Å². The standard InChI is InChI=1S/C18H17F3N4O2/c1-17(22)9-27-16(25-18(17,2)21)11-4-3-5-12(14(11)20)24-15(26)13-7-6-10(19)8-23-13/h3-8H,9,22H2,1-2H3,(H,24,26)/t17-,18+/m1/s1. The van der Waals surface area contributed by atoms with E-state index in [1.54, 1.807) is 0 Å². The van der Waals surface area contributed by atoms with Crippen molar-refractivity contribution < 1.29 is 22.7 Å². The van der Waals surface area contributed by atoms with Gasteiger partial charge in [0.15, 0.2) is 5.82 Å². The van der Waals surface area contributed by atoms with Crippen molar-refractivity contribution in [3.05, 3.63) is 59.4 Å². The number of benzene rings is 1. The number of rotatable bonds is 3. The Morgan fingerprint density at radius 1 is 1.26 bits per heavy atom. The summed E-state index contributed by atoms with van der Waals surface area (Å²) in [5.41, 5.74) is 4.04. The van der Waals surface area contributed by atoms with Crippen LogP contribution in [0.4, 0.5) is 18.9 Å². The number of carbonyl (C=O) groups excluding carboxylic acids is 1. The molecule has 142 valence electrons. The van der Waals surface area contributed by atoms with Gasteiger partial charge in [0.25, 0.3) is 5.91 Å². The molecule has 0 fully saturated rings. The number of hydrogen-bond donors (Lipinski definition) is 2. The summed E-state index contributed by atoms with van der Waals surface area (Å²) >= 11 is 0. The highest BCUT2D eigenvalue weighted by atomic mass is 19.1. The third kappa shape index (κ3) is 3.63. The number of carbonyl (C=O) groups is 1. The van der Waals surface area contributed by atoms with Crippen molar-refractivity contribution in [3.8, 4) is 0 Å². The van der Waals surface area contributed by atoms with Gasteiger partial charge >= 0.3 is 0 Å². The van der Waals surface area contributed by atoms with Crippen molar-refractivity contribution in [2.24, 2.45) is 10.7 Å². The zero-order valence-corrected chi connectivity index (χ0v) is 14.6. The first-order valence-electron chi connectivity index (χ1n) is 8.03. The van der Waals surface area contributed by atoms with Gasteiger partial charge in [-0.15, -0.1) is 0 Å². The fraction of sp³-hybridized carbons (Fsp3) is 0.278. The third-order valence-corrected chi connectivity index (χ3v) is 4.30. The van der Waals surface area contributed by atoms with Gasteiger partial charge in [0.05, 0.1) is 17.4 Å². The lowest BCUT2D eigenvalue weighted by molar-refractivity contribution is 0.0293. The number of nitrogens with one attached hydrogen (secondary N) is 1. The quantitative estimate of drug-likeness (QED) is 0.804. The molecule has 0 saturated heterocycles. The van der Waals surface area contributed by atoms with E-state index in [-0.39, 0.29) is 29.4 Å². The molecule has 1 amide bonds. The summed E-state index contributed by atoms with van der Waals surface area (Å²) in [6.07, 6.45) is 0.873. The molecule has 0 saturated carbocycles. The lowest BCUT2D eigenvalue weighted by atomic mass is 9.92. The number of pyridine rings is 1. The van der Waals surface area contributed by atoms with Crippen LogP contribution in [0.15, 0.2) is 41.5 Å². The third-order valence-electron chi connectivity index (χ3n) is 4.30. The SMILES string of the molecule is C[C@]1(F)N=C(c2cccc(NC(=O)c3ccc(F)cn3)c2F)OC[C@@]1(C)N. The molecular formula is C18H17F3N4O2. The van der Waals surface area contributed by atoms with Crippen LogP contribution < -0.4 is 11.1 Å². The maximum absolute atomic E-state index is 14.8. The van der Waals surface area contributed by atoms with Crippen molar-refractivity contribution in [2.75, 3.05) is 11.9 Å². The van der Waals surface area contributed by atoms with Gasteiger partial charge in [-0.3, -0.25) is 4.79 Å². The van der Waals surface area contributed by atoms with Crippen LogP contribution in [-0.2, 0) is 4.74 Å². The molecule has 0 aliphatic carbocycles. The molecule has 1 aromatic carbocycles. The first kappa shape index (κ1) is 18.8. The van der Waals surface area contributed by atoms with Gasteiger partial charge in [-0.25, -0.2) is 23.1 Å². The Kier molecular flexibility index (Phi) is 4.64. The Morgan fingerprint density at radius 2 is 2.00 bits per heavy atom. The summed E-state index contributed by atoms with van der Waals surface area (Å²) in [5, 5.41) is 2.33. The summed E-state index contributed by atoms with van der Waals surface area (Å²) in [4.78, 5) is 19.6. The Hall–Kier alpha value is -2.94. The van der Waals surface area contributed by atoms with E-state index >= 15 is 0 Å². The number of aromatic nitrogens is 1. The highest BCUT2D eigenvalue weighted by Gasteiger charge is 2.47. The molecule has 3 rings (SSSR count). The predicted octanol–water partition coefficient (Wildman–Crippen LogP) is 2.79. The largest absolute Gasteiger partial charge is 0.475 e. The number of amides is 1. The number of ether oxygens (including phenoxy) is 1. The van der Waals surface area contributed by atoms with Crippen LogP contribution in [0.1, 0.15) is 29.9 Å². The number of aliphatic imine (C=N–C) groups is 1. The maximum Gasteiger partial charge on any atom is 0.274 e. The molecule has 3 N–H and O–H groups in total. The molecule has 0 bridgehead atoms. The van der Waals surface area contributed by atoms with Crippen LogP contribution in [0, 0.1) is 11.6 Å². The zero-order valence-electron chi connectivity index (χ0n) is 14.6. The van der Waals surface area contributed by atoms with Gasteiger partial charge in [-0.05, 0) is 38.1 Å². The first-order chi connectivity index (χ1) is 12.6. The maximum atomic E-state index is 14.8. The summed E-state index contributed by atoms with van der Waals surface area (Å²) in [6, 6.07) is 6.33. The smallest absolute Gasteiger partial charge is 0.274 e. The minimum absolute atomic E-state index is 0.0947. The lowest BCUT2D eigenvalue weighted by Gasteiger charge is -2.38. The number of anilines is 1. The minimum Gasteiger partial charge on any atom is -0.475 e. The molecular weight excluding hydrogens is 361 g/mol. The van der Waals surface area contributed by atoms with Gasteiger partial charge in [0.1, 0.15) is 23.7 Å². The fourth-order valence-corrected chi connectivity index (χ4v) is 2.33. The lowest BCUT2D eigenvalue weighted by Crippen LogP contribution is -2.59. The Bertz CT molecular complexity index is 911. The number of halogens is 3. The van der Waals surface area contributed by atoms with Crippen molar-refractivity contribution >= 4 is 17.5 Å². The van der Waals surface area contributed by atoms with E-state index in [0.29, 0.717) is 0 Å². The van der Waals surface area contributed by atoms with E-state index in [4.69, 9.17) is 10.5 Å². The van der Waals surface area contributed by atoms with E-state index in [1.165, 1.54) is 32.0 Å².